The Morgan fingerprint density at radius 1 is 0.950 bits per heavy atom. The average molecular weight is 352 g/mol. The molecule has 0 spiro atoms. The molecule has 0 radical (unpaired) electrons. The molecule has 0 aromatic heterocycles. The number of rotatable bonds is 2. The molecule has 2 nitrogen and oxygen atoms in total. The number of halogens is 2. The first kappa shape index (κ1) is 15.1. The second kappa shape index (κ2) is 6.91. The van der Waals surface area contributed by atoms with Crippen LogP contribution in [0, 0.1) is 0 Å². The zero-order valence-corrected chi connectivity index (χ0v) is 13.4. The van der Waals surface area contributed by atoms with Crippen LogP contribution in [0.1, 0.15) is 6.42 Å². The van der Waals surface area contributed by atoms with E-state index < -0.39 is 0 Å². The topological polar surface area (TPSA) is 6.25 Å². The van der Waals surface area contributed by atoms with Crippen molar-refractivity contribution in [3.63, 3.8) is 0 Å². The molecule has 1 heterocycles. The van der Waals surface area contributed by atoms with Gasteiger partial charge in [0, 0.05) is 11.4 Å². The Bertz CT molecular complexity index is 581. The summed E-state index contributed by atoms with van der Waals surface area (Å²) in [5.74, 6) is 0. The van der Waals surface area contributed by atoms with Crippen LogP contribution < -0.4 is 21.9 Å². The fourth-order valence-electron chi connectivity index (χ4n) is 2.34. The maximum absolute atomic E-state index is 5.94. The molecular formula is C16H16BrClN2. The average Bonchev–Trinajstić information content (AvgIpc) is 2.49. The Hall–Kier alpha value is -1.32. The molecule has 104 valence electrons. The zero-order valence-electron chi connectivity index (χ0n) is 11.0. The van der Waals surface area contributed by atoms with Crippen LogP contribution >= 0.6 is 11.6 Å². The van der Waals surface area contributed by atoms with E-state index in [-0.39, 0.29) is 17.0 Å². The summed E-state index contributed by atoms with van der Waals surface area (Å²) < 4.78 is 2.27. The molecule has 3 rings (SSSR count). The van der Waals surface area contributed by atoms with Gasteiger partial charge in [-0.05, 0) is 36.4 Å². The summed E-state index contributed by atoms with van der Waals surface area (Å²) in [6.07, 6.45) is 3.33. The lowest BCUT2D eigenvalue weighted by atomic mass is 10.2. The van der Waals surface area contributed by atoms with Crippen molar-refractivity contribution in [3.05, 3.63) is 59.6 Å². The van der Waals surface area contributed by atoms with Crippen LogP contribution in [0.25, 0.3) is 0 Å². The molecule has 0 N–H and O–H groups in total. The van der Waals surface area contributed by atoms with Gasteiger partial charge in [0.15, 0.2) is 0 Å². The van der Waals surface area contributed by atoms with Gasteiger partial charge in [-0.1, -0.05) is 29.8 Å². The number of benzene rings is 2. The Balaban J connectivity index is 0.00000147. The molecule has 4 heteroatoms. The molecule has 0 fully saturated rings. The SMILES string of the molecule is Clc1ccc([N+]2=CN(c3ccccc3)CCC2)cc1.[Br-]. The number of nitrogens with zero attached hydrogens (tertiary/aromatic N) is 2. The van der Waals surface area contributed by atoms with Crippen molar-refractivity contribution < 1.29 is 21.6 Å². The molecule has 1 aliphatic rings. The third-order valence-electron chi connectivity index (χ3n) is 3.32. The Morgan fingerprint density at radius 3 is 2.35 bits per heavy atom. The molecule has 1 aliphatic heterocycles. The molecule has 0 aliphatic carbocycles. The molecule has 20 heavy (non-hydrogen) atoms. The van der Waals surface area contributed by atoms with Crippen LogP contribution in [0.5, 0.6) is 0 Å². The Labute approximate surface area is 135 Å². The summed E-state index contributed by atoms with van der Waals surface area (Å²) in [5.41, 5.74) is 2.42. The van der Waals surface area contributed by atoms with Gasteiger partial charge in [0.1, 0.15) is 11.4 Å². The first-order valence-electron chi connectivity index (χ1n) is 6.52. The molecule has 0 saturated heterocycles. The van der Waals surface area contributed by atoms with E-state index in [1.54, 1.807) is 0 Å². The zero-order chi connectivity index (χ0) is 13.1. The summed E-state index contributed by atoms with van der Waals surface area (Å²) >= 11 is 5.94. The quantitative estimate of drug-likeness (QED) is 0.730. The maximum atomic E-state index is 5.94. The first-order chi connectivity index (χ1) is 9.33. The minimum atomic E-state index is 0. The normalized spacial score (nSPS) is 14.4. The van der Waals surface area contributed by atoms with Gasteiger partial charge in [-0.15, -0.1) is 0 Å². The molecular weight excluding hydrogens is 336 g/mol. The number of para-hydroxylation sites is 1. The minimum Gasteiger partial charge on any atom is -1.00 e. The molecule has 0 bridgehead atoms. The molecule has 0 unspecified atom stereocenters. The van der Waals surface area contributed by atoms with Gasteiger partial charge in [0.2, 0.25) is 6.34 Å². The minimum absolute atomic E-state index is 0. The van der Waals surface area contributed by atoms with Crippen LogP contribution in [0.3, 0.4) is 0 Å². The van der Waals surface area contributed by atoms with Gasteiger partial charge < -0.3 is 17.0 Å². The highest BCUT2D eigenvalue weighted by atomic mass is 79.9. The second-order valence-electron chi connectivity index (χ2n) is 4.67. The molecule has 0 saturated carbocycles. The van der Waals surface area contributed by atoms with E-state index in [2.05, 4.69) is 52.2 Å². The first-order valence-corrected chi connectivity index (χ1v) is 6.90. The van der Waals surface area contributed by atoms with Crippen LogP contribution in [-0.2, 0) is 0 Å². The van der Waals surface area contributed by atoms with Crippen molar-refractivity contribution in [1.29, 1.82) is 0 Å². The van der Waals surface area contributed by atoms with Gasteiger partial charge in [0.05, 0.1) is 13.1 Å². The largest absolute Gasteiger partial charge is 1.00 e. The highest BCUT2D eigenvalue weighted by molar-refractivity contribution is 6.30. The standard InChI is InChI=1S/C16H16ClN2.BrH/c17-14-7-9-16(10-8-14)19-12-4-11-18(13-19)15-5-2-1-3-6-15;/h1-3,5-10,13H,4,11-12H2;1H/q+1;/p-1. The van der Waals surface area contributed by atoms with Crippen molar-refractivity contribution in [2.45, 2.75) is 6.42 Å². The van der Waals surface area contributed by atoms with E-state index >= 15 is 0 Å². The second-order valence-corrected chi connectivity index (χ2v) is 5.10. The highest BCUT2D eigenvalue weighted by Crippen LogP contribution is 2.20. The maximum Gasteiger partial charge on any atom is 0.244 e. The predicted molar refractivity (Wildman–Crippen MR) is 80.7 cm³/mol. The van der Waals surface area contributed by atoms with E-state index in [4.69, 9.17) is 11.6 Å². The fourth-order valence-corrected chi connectivity index (χ4v) is 2.46. The van der Waals surface area contributed by atoms with E-state index in [1.165, 1.54) is 11.4 Å². The number of anilines is 1. The lowest BCUT2D eigenvalue weighted by Crippen LogP contribution is -3.00. The van der Waals surface area contributed by atoms with E-state index in [1.807, 2.05) is 18.2 Å². The van der Waals surface area contributed by atoms with Gasteiger partial charge in [-0.2, -0.15) is 0 Å². The van der Waals surface area contributed by atoms with E-state index in [0.717, 1.165) is 24.5 Å². The van der Waals surface area contributed by atoms with Crippen LogP contribution in [0.15, 0.2) is 54.6 Å². The highest BCUT2D eigenvalue weighted by Gasteiger charge is 2.19. The van der Waals surface area contributed by atoms with Crippen molar-refractivity contribution in [1.82, 2.24) is 0 Å². The van der Waals surface area contributed by atoms with Crippen LogP contribution in [0.2, 0.25) is 5.02 Å². The molecule has 0 atom stereocenters. The van der Waals surface area contributed by atoms with Gasteiger partial charge in [-0.25, -0.2) is 9.48 Å². The van der Waals surface area contributed by atoms with Gasteiger partial charge in [0.25, 0.3) is 0 Å². The monoisotopic (exact) mass is 350 g/mol. The molecule has 2 aromatic carbocycles. The Morgan fingerprint density at radius 2 is 1.65 bits per heavy atom. The third-order valence-corrected chi connectivity index (χ3v) is 3.57. The lowest BCUT2D eigenvalue weighted by Gasteiger charge is -2.20. The fraction of sp³-hybridized carbons (Fsp3) is 0.188. The summed E-state index contributed by atoms with van der Waals surface area (Å²) in [7, 11) is 0. The summed E-state index contributed by atoms with van der Waals surface area (Å²) in [6, 6.07) is 18.5. The van der Waals surface area contributed by atoms with E-state index in [9.17, 15) is 0 Å². The predicted octanol–water partition coefficient (Wildman–Crippen LogP) is 0.927. The van der Waals surface area contributed by atoms with Gasteiger partial charge in [-0.3, -0.25) is 0 Å². The van der Waals surface area contributed by atoms with Crippen molar-refractivity contribution >= 4 is 29.3 Å². The summed E-state index contributed by atoms with van der Waals surface area (Å²) in [5, 5.41) is 0.778. The summed E-state index contributed by atoms with van der Waals surface area (Å²) in [6.45, 7) is 2.11. The van der Waals surface area contributed by atoms with Crippen LogP contribution in [0.4, 0.5) is 11.4 Å². The van der Waals surface area contributed by atoms with Crippen molar-refractivity contribution in [2.24, 2.45) is 0 Å². The molecule has 2 aromatic rings. The lowest BCUT2D eigenvalue weighted by molar-refractivity contribution is -0.440. The van der Waals surface area contributed by atoms with E-state index in [0.29, 0.717) is 0 Å². The van der Waals surface area contributed by atoms with Crippen LogP contribution in [-0.4, -0.2) is 24.0 Å². The van der Waals surface area contributed by atoms with Crippen molar-refractivity contribution in [3.8, 4) is 0 Å². The molecule has 0 amide bonds. The summed E-state index contributed by atoms with van der Waals surface area (Å²) in [4.78, 5) is 2.29. The number of hydrogen-bond donors (Lipinski definition) is 0. The van der Waals surface area contributed by atoms with Crippen molar-refractivity contribution in [2.75, 3.05) is 18.0 Å². The Kier molecular flexibility index (Phi) is 5.21. The smallest absolute Gasteiger partial charge is 0.244 e. The van der Waals surface area contributed by atoms with Gasteiger partial charge >= 0.3 is 0 Å². The number of hydrogen-bond acceptors (Lipinski definition) is 1. The third kappa shape index (κ3) is 3.41.